The van der Waals surface area contributed by atoms with E-state index >= 15 is 0 Å². The molecule has 1 saturated carbocycles. The summed E-state index contributed by atoms with van der Waals surface area (Å²) in [4.78, 5) is 16.3. The Balaban J connectivity index is 1.80. The van der Waals surface area contributed by atoms with Crippen LogP contribution in [0.15, 0.2) is 24.4 Å². The summed E-state index contributed by atoms with van der Waals surface area (Å²) >= 11 is 3.61. The predicted octanol–water partition coefficient (Wildman–Crippen LogP) is 2.38. The van der Waals surface area contributed by atoms with Crippen LogP contribution in [0.1, 0.15) is 29.8 Å². The van der Waals surface area contributed by atoms with Crippen molar-refractivity contribution in [2.75, 3.05) is 6.54 Å². The number of nitrogens with one attached hydrogen (secondary N) is 1. The van der Waals surface area contributed by atoms with Gasteiger partial charge in [0.1, 0.15) is 5.69 Å². The van der Waals surface area contributed by atoms with Crippen LogP contribution in [-0.4, -0.2) is 22.3 Å². The zero-order valence-electron chi connectivity index (χ0n) is 9.03. The average molecular weight is 283 g/mol. The van der Waals surface area contributed by atoms with Crippen LogP contribution >= 0.6 is 15.9 Å². The van der Waals surface area contributed by atoms with Gasteiger partial charge in [0.2, 0.25) is 0 Å². The molecule has 1 aliphatic rings. The van der Waals surface area contributed by atoms with Gasteiger partial charge in [0.05, 0.1) is 0 Å². The molecule has 1 aromatic rings. The zero-order valence-corrected chi connectivity index (χ0v) is 10.6. The smallest absolute Gasteiger partial charge is 0.269 e. The summed E-state index contributed by atoms with van der Waals surface area (Å²) in [6, 6.07) is 5.37. The number of pyridine rings is 1. The first kappa shape index (κ1) is 11.6. The lowest BCUT2D eigenvalue weighted by Crippen LogP contribution is -2.29. The lowest BCUT2D eigenvalue weighted by Gasteiger charge is -2.10. The Morgan fingerprint density at radius 3 is 3.00 bits per heavy atom. The molecule has 86 valence electrons. The number of rotatable bonds is 3. The van der Waals surface area contributed by atoms with Crippen molar-refractivity contribution in [2.24, 2.45) is 5.92 Å². The van der Waals surface area contributed by atoms with Crippen LogP contribution in [-0.2, 0) is 0 Å². The fraction of sp³-hybridized carbons (Fsp3) is 0.500. The minimum Gasteiger partial charge on any atom is -0.350 e. The Bertz CT molecular complexity index is 355. The highest BCUT2D eigenvalue weighted by atomic mass is 79.9. The fourth-order valence-corrected chi connectivity index (χ4v) is 2.82. The second-order valence-corrected chi connectivity index (χ2v) is 5.50. The molecule has 1 aromatic heterocycles. The third kappa shape index (κ3) is 3.04. The fourth-order valence-electron chi connectivity index (χ4n) is 2.02. The van der Waals surface area contributed by atoms with Crippen molar-refractivity contribution in [1.82, 2.24) is 10.3 Å². The maximum absolute atomic E-state index is 11.7. The number of aromatic nitrogens is 1. The van der Waals surface area contributed by atoms with E-state index in [4.69, 9.17) is 0 Å². The molecule has 2 atom stereocenters. The number of carbonyl (C=O) groups is 1. The van der Waals surface area contributed by atoms with Crippen LogP contribution in [0.25, 0.3) is 0 Å². The molecule has 1 aliphatic carbocycles. The molecule has 2 unspecified atom stereocenters. The number of hydrogen-bond acceptors (Lipinski definition) is 2. The molecule has 3 nitrogen and oxygen atoms in total. The maximum atomic E-state index is 11.7. The van der Waals surface area contributed by atoms with Crippen molar-refractivity contribution in [3.63, 3.8) is 0 Å². The van der Waals surface area contributed by atoms with Crippen molar-refractivity contribution in [3.8, 4) is 0 Å². The largest absolute Gasteiger partial charge is 0.350 e. The van der Waals surface area contributed by atoms with Crippen LogP contribution in [0.4, 0.5) is 0 Å². The van der Waals surface area contributed by atoms with Crippen molar-refractivity contribution < 1.29 is 4.79 Å². The zero-order chi connectivity index (χ0) is 11.4. The summed E-state index contributed by atoms with van der Waals surface area (Å²) in [5.74, 6) is 0.538. The second kappa shape index (κ2) is 5.43. The Morgan fingerprint density at radius 1 is 1.50 bits per heavy atom. The van der Waals surface area contributed by atoms with E-state index in [0.717, 1.165) is 13.0 Å². The first-order chi connectivity index (χ1) is 7.75. The van der Waals surface area contributed by atoms with E-state index in [1.165, 1.54) is 12.8 Å². The molecule has 0 radical (unpaired) electrons. The molecule has 4 heteroatoms. The Morgan fingerprint density at radius 2 is 2.38 bits per heavy atom. The van der Waals surface area contributed by atoms with E-state index in [9.17, 15) is 4.79 Å². The Hall–Kier alpha value is -0.900. The summed E-state index contributed by atoms with van der Waals surface area (Å²) in [5, 5.41) is 2.94. The highest BCUT2D eigenvalue weighted by Gasteiger charge is 2.22. The third-order valence-corrected chi connectivity index (χ3v) is 3.76. The minimum atomic E-state index is -0.0707. The van der Waals surface area contributed by atoms with Crippen LogP contribution < -0.4 is 5.32 Å². The van der Waals surface area contributed by atoms with Gasteiger partial charge in [-0.1, -0.05) is 22.0 Å². The number of nitrogens with zero attached hydrogens (tertiary/aromatic N) is 1. The van der Waals surface area contributed by atoms with Gasteiger partial charge in [-0.25, -0.2) is 0 Å². The second-order valence-electron chi connectivity index (χ2n) is 4.20. The van der Waals surface area contributed by atoms with E-state index in [0.29, 0.717) is 16.4 Å². The van der Waals surface area contributed by atoms with Gasteiger partial charge in [-0.3, -0.25) is 9.78 Å². The number of hydrogen-bond donors (Lipinski definition) is 1. The molecule has 1 heterocycles. The van der Waals surface area contributed by atoms with E-state index in [-0.39, 0.29) is 5.91 Å². The van der Waals surface area contributed by atoms with Crippen molar-refractivity contribution in [1.29, 1.82) is 0 Å². The first-order valence-corrected chi connectivity index (χ1v) is 6.50. The summed E-state index contributed by atoms with van der Waals surface area (Å²) in [7, 11) is 0. The van der Waals surface area contributed by atoms with Crippen molar-refractivity contribution in [3.05, 3.63) is 30.1 Å². The normalized spacial score (nSPS) is 24.3. The lowest BCUT2D eigenvalue weighted by atomic mass is 10.1. The van der Waals surface area contributed by atoms with Crippen LogP contribution in [0, 0.1) is 5.92 Å². The maximum Gasteiger partial charge on any atom is 0.269 e. The lowest BCUT2D eigenvalue weighted by molar-refractivity contribution is 0.0942. The highest BCUT2D eigenvalue weighted by Crippen LogP contribution is 2.29. The molecule has 1 amide bonds. The third-order valence-electron chi connectivity index (χ3n) is 2.93. The standard InChI is InChI=1S/C12H15BrN2O/c13-10-5-4-9(7-10)8-15-12(16)11-3-1-2-6-14-11/h1-3,6,9-10H,4-5,7-8H2,(H,15,16). The molecule has 16 heavy (non-hydrogen) atoms. The summed E-state index contributed by atoms with van der Waals surface area (Å²) in [6.07, 6.45) is 5.20. The van der Waals surface area contributed by atoms with E-state index in [1.54, 1.807) is 12.3 Å². The molecule has 0 bridgehead atoms. The first-order valence-electron chi connectivity index (χ1n) is 5.59. The number of carbonyl (C=O) groups excluding carboxylic acids is 1. The van der Waals surface area contributed by atoms with Crippen molar-refractivity contribution in [2.45, 2.75) is 24.1 Å². The van der Waals surface area contributed by atoms with Gasteiger partial charge in [0.15, 0.2) is 0 Å². The number of amides is 1. The monoisotopic (exact) mass is 282 g/mol. The highest BCUT2D eigenvalue weighted by molar-refractivity contribution is 9.09. The molecular formula is C12H15BrN2O. The van der Waals surface area contributed by atoms with Gasteiger partial charge in [-0.2, -0.15) is 0 Å². The van der Waals surface area contributed by atoms with Gasteiger partial charge in [-0.05, 0) is 37.3 Å². The minimum absolute atomic E-state index is 0.0707. The van der Waals surface area contributed by atoms with Gasteiger partial charge < -0.3 is 5.32 Å². The van der Waals surface area contributed by atoms with E-state index < -0.39 is 0 Å². The SMILES string of the molecule is O=C(NCC1CCC(Br)C1)c1ccccn1. The molecule has 0 aliphatic heterocycles. The molecule has 0 saturated heterocycles. The molecule has 0 spiro atoms. The van der Waals surface area contributed by atoms with Gasteiger partial charge in [0, 0.05) is 17.6 Å². The Kier molecular flexibility index (Phi) is 3.93. The van der Waals surface area contributed by atoms with Crippen LogP contribution in [0.3, 0.4) is 0 Å². The number of alkyl halides is 1. The summed E-state index contributed by atoms with van der Waals surface area (Å²) in [5.41, 5.74) is 0.496. The van der Waals surface area contributed by atoms with Gasteiger partial charge >= 0.3 is 0 Å². The van der Waals surface area contributed by atoms with Crippen molar-refractivity contribution >= 4 is 21.8 Å². The molecule has 0 aromatic carbocycles. The van der Waals surface area contributed by atoms with E-state index in [2.05, 4.69) is 26.2 Å². The molecule has 2 rings (SSSR count). The van der Waals surface area contributed by atoms with Crippen LogP contribution in [0.2, 0.25) is 0 Å². The molecule has 1 N–H and O–H groups in total. The quantitative estimate of drug-likeness (QED) is 0.865. The predicted molar refractivity (Wildman–Crippen MR) is 66.6 cm³/mol. The average Bonchev–Trinajstić information content (AvgIpc) is 2.73. The summed E-state index contributed by atoms with van der Waals surface area (Å²) in [6.45, 7) is 0.761. The Labute approximate surface area is 104 Å². The number of halogens is 1. The van der Waals surface area contributed by atoms with E-state index in [1.807, 2.05) is 12.1 Å². The van der Waals surface area contributed by atoms with Gasteiger partial charge in [0.25, 0.3) is 5.91 Å². The summed E-state index contributed by atoms with van der Waals surface area (Å²) < 4.78 is 0. The topological polar surface area (TPSA) is 42.0 Å². The van der Waals surface area contributed by atoms with Gasteiger partial charge in [-0.15, -0.1) is 0 Å². The molecular weight excluding hydrogens is 268 g/mol. The van der Waals surface area contributed by atoms with Crippen LogP contribution in [0.5, 0.6) is 0 Å². The molecule has 1 fully saturated rings.